The van der Waals surface area contributed by atoms with Crippen molar-refractivity contribution in [3.05, 3.63) is 23.2 Å². The predicted molar refractivity (Wildman–Crippen MR) is 73.0 cm³/mol. The van der Waals surface area contributed by atoms with E-state index in [9.17, 15) is 8.42 Å². The van der Waals surface area contributed by atoms with Crippen LogP contribution in [-0.4, -0.2) is 25.8 Å². The van der Waals surface area contributed by atoms with E-state index in [4.69, 9.17) is 17.3 Å². The average Bonchev–Trinajstić information content (AvgIpc) is 2.58. The highest BCUT2D eigenvalue weighted by Gasteiger charge is 2.37. The molecule has 1 saturated heterocycles. The molecule has 0 spiro atoms. The number of rotatable bonds is 2. The molecule has 0 saturated carbocycles. The molecule has 0 unspecified atom stereocenters. The Morgan fingerprint density at radius 3 is 2.56 bits per heavy atom. The van der Waals surface area contributed by atoms with Crippen LogP contribution in [0.25, 0.3) is 0 Å². The molecule has 2 rings (SSSR count). The van der Waals surface area contributed by atoms with E-state index in [-0.39, 0.29) is 15.3 Å². The molecule has 0 aliphatic carbocycles. The molecule has 1 heterocycles. The Hall–Kier alpha value is -0.780. The first-order chi connectivity index (χ1) is 8.22. The third-order valence-corrected chi connectivity index (χ3v) is 5.54. The zero-order valence-corrected chi connectivity index (χ0v) is 12.1. The summed E-state index contributed by atoms with van der Waals surface area (Å²) in [6.45, 7) is 5.19. The lowest BCUT2D eigenvalue weighted by molar-refractivity contribution is 0.375. The van der Waals surface area contributed by atoms with Crippen molar-refractivity contribution in [1.82, 2.24) is 4.31 Å². The van der Waals surface area contributed by atoms with Crippen LogP contribution in [0.1, 0.15) is 20.3 Å². The van der Waals surface area contributed by atoms with Gasteiger partial charge < -0.3 is 5.73 Å². The quantitative estimate of drug-likeness (QED) is 0.850. The van der Waals surface area contributed by atoms with E-state index in [1.165, 1.54) is 16.4 Å². The molecular formula is C12H17ClN2O2S. The highest BCUT2D eigenvalue weighted by molar-refractivity contribution is 7.89. The van der Waals surface area contributed by atoms with Gasteiger partial charge in [0.1, 0.15) is 4.90 Å². The second kappa shape index (κ2) is 4.40. The Bertz CT molecular complexity index is 569. The van der Waals surface area contributed by atoms with Gasteiger partial charge in [0.05, 0.1) is 5.02 Å². The molecule has 1 aliphatic heterocycles. The molecule has 1 aromatic rings. The summed E-state index contributed by atoms with van der Waals surface area (Å²) in [6.07, 6.45) is 0.860. The molecule has 1 aromatic carbocycles. The monoisotopic (exact) mass is 288 g/mol. The zero-order chi connectivity index (χ0) is 13.6. The normalized spacial score (nSPS) is 20.2. The smallest absolute Gasteiger partial charge is 0.244 e. The summed E-state index contributed by atoms with van der Waals surface area (Å²) in [4.78, 5) is 0.135. The van der Waals surface area contributed by atoms with Gasteiger partial charge in [0.25, 0.3) is 0 Å². The van der Waals surface area contributed by atoms with Crippen LogP contribution >= 0.6 is 11.6 Å². The summed E-state index contributed by atoms with van der Waals surface area (Å²) < 4.78 is 26.4. The minimum Gasteiger partial charge on any atom is -0.399 e. The van der Waals surface area contributed by atoms with Crippen molar-refractivity contribution in [3.63, 3.8) is 0 Å². The van der Waals surface area contributed by atoms with Crippen LogP contribution in [0.3, 0.4) is 0 Å². The molecule has 0 aromatic heterocycles. The van der Waals surface area contributed by atoms with Crippen molar-refractivity contribution in [2.45, 2.75) is 25.2 Å². The lowest BCUT2D eigenvalue weighted by atomic mass is 9.93. The summed E-state index contributed by atoms with van der Waals surface area (Å²) in [6, 6.07) is 4.49. The number of benzene rings is 1. The topological polar surface area (TPSA) is 63.4 Å². The lowest BCUT2D eigenvalue weighted by Gasteiger charge is -2.20. The van der Waals surface area contributed by atoms with Crippen molar-refractivity contribution in [2.75, 3.05) is 18.8 Å². The van der Waals surface area contributed by atoms with E-state index >= 15 is 0 Å². The molecule has 18 heavy (non-hydrogen) atoms. The SMILES string of the molecule is CC1(C)CCN(S(=O)(=O)c2ccc(N)cc2Cl)C1. The fraction of sp³-hybridized carbons (Fsp3) is 0.500. The van der Waals surface area contributed by atoms with Gasteiger partial charge in [-0.1, -0.05) is 25.4 Å². The molecule has 0 amide bonds. The van der Waals surface area contributed by atoms with E-state index in [2.05, 4.69) is 13.8 Å². The van der Waals surface area contributed by atoms with E-state index in [1.807, 2.05) is 0 Å². The third kappa shape index (κ3) is 2.48. The minimum atomic E-state index is -3.51. The van der Waals surface area contributed by atoms with Gasteiger partial charge >= 0.3 is 0 Å². The van der Waals surface area contributed by atoms with E-state index in [1.54, 1.807) is 6.07 Å². The highest BCUT2D eigenvalue weighted by atomic mass is 35.5. The van der Waals surface area contributed by atoms with Crippen molar-refractivity contribution in [2.24, 2.45) is 5.41 Å². The first kappa shape index (κ1) is 13.6. The first-order valence-corrected chi connectivity index (χ1v) is 7.59. The van der Waals surface area contributed by atoms with Crippen LogP contribution in [0.15, 0.2) is 23.1 Å². The Balaban J connectivity index is 2.38. The maximum absolute atomic E-state index is 12.5. The summed E-state index contributed by atoms with van der Waals surface area (Å²) >= 11 is 5.98. The fourth-order valence-electron chi connectivity index (χ4n) is 2.13. The Labute approximate surface area is 113 Å². The summed E-state index contributed by atoms with van der Waals surface area (Å²) in [5.41, 5.74) is 6.05. The fourth-order valence-corrected chi connectivity index (χ4v) is 4.29. The molecule has 0 radical (unpaired) electrons. The molecule has 1 aliphatic rings. The Kier molecular flexibility index (Phi) is 3.34. The van der Waals surface area contributed by atoms with Crippen molar-refractivity contribution >= 4 is 27.3 Å². The second-order valence-electron chi connectivity index (χ2n) is 5.44. The zero-order valence-electron chi connectivity index (χ0n) is 10.5. The van der Waals surface area contributed by atoms with Crippen LogP contribution in [0.4, 0.5) is 5.69 Å². The van der Waals surface area contributed by atoms with Crippen LogP contribution in [-0.2, 0) is 10.0 Å². The minimum absolute atomic E-state index is 0.0212. The number of hydrogen-bond acceptors (Lipinski definition) is 3. The first-order valence-electron chi connectivity index (χ1n) is 5.78. The molecule has 4 nitrogen and oxygen atoms in total. The molecular weight excluding hydrogens is 272 g/mol. The highest BCUT2D eigenvalue weighted by Crippen LogP contribution is 2.34. The molecule has 1 fully saturated rings. The van der Waals surface area contributed by atoms with Gasteiger partial charge in [-0.15, -0.1) is 0 Å². The summed E-state index contributed by atoms with van der Waals surface area (Å²) in [5, 5.41) is 0.180. The van der Waals surface area contributed by atoms with Crippen LogP contribution < -0.4 is 5.73 Å². The van der Waals surface area contributed by atoms with E-state index < -0.39 is 10.0 Å². The van der Waals surface area contributed by atoms with Crippen LogP contribution in [0.2, 0.25) is 5.02 Å². The molecule has 6 heteroatoms. The largest absolute Gasteiger partial charge is 0.399 e. The van der Waals surface area contributed by atoms with Crippen molar-refractivity contribution in [1.29, 1.82) is 0 Å². The maximum Gasteiger partial charge on any atom is 0.244 e. The number of sulfonamides is 1. The molecule has 0 atom stereocenters. The summed E-state index contributed by atoms with van der Waals surface area (Å²) in [7, 11) is -3.51. The number of nitrogens with two attached hydrogens (primary N) is 1. The van der Waals surface area contributed by atoms with Crippen LogP contribution in [0, 0.1) is 5.41 Å². The lowest BCUT2D eigenvalue weighted by Crippen LogP contribution is -2.30. The third-order valence-electron chi connectivity index (χ3n) is 3.22. The van der Waals surface area contributed by atoms with Crippen molar-refractivity contribution in [3.8, 4) is 0 Å². The summed E-state index contributed by atoms with van der Waals surface area (Å²) in [5.74, 6) is 0. The van der Waals surface area contributed by atoms with Gasteiger partial charge in [-0.3, -0.25) is 0 Å². The van der Waals surface area contributed by atoms with Gasteiger partial charge in [-0.05, 0) is 30.0 Å². The van der Waals surface area contributed by atoms with E-state index in [0.717, 1.165) is 6.42 Å². The molecule has 100 valence electrons. The Morgan fingerprint density at radius 1 is 1.39 bits per heavy atom. The van der Waals surface area contributed by atoms with Crippen LogP contribution in [0.5, 0.6) is 0 Å². The number of anilines is 1. The maximum atomic E-state index is 12.5. The number of nitrogen functional groups attached to an aromatic ring is 1. The molecule has 0 bridgehead atoms. The van der Waals surface area contributed by atoms with E-state index in [0.29, 0.717) is 18.8 Å². The Morgan fingerprint density at radius 2 is 2.06 bits per heavy atom. The van der Waals surface area contributed by atoms with Gasteiger partial charge in [0, 0.05) is 18.8 Å². The number of halogens is 1. The standard InChI is InChI=1S/C12H17ClN2O2S/c1-12(2)5-6-15(8-12)18(16,17)11-4-3-9(14)7-10(11)13/h3-4,7H,5-6,8,14H2,1-2H3. The van der Waals surface area contributed by atoms with Gasteiger partial charge in [0.15, 0.2) is 0 Å². The predicted octanol–water partition coefficient (Wildman–Crippen LogP) is 2.34. The van der Waals surface area contributed by atoms with Gasteiger partial charge in [-0.2, -0.15) is 4.31 Å². The number of nitrogens with zero attached hydrogens (tertiary/aromatic N) is 1. The average molecular weight is 289 g/mol. The van der Waals surface area contributed by atoms with Crippen molar-refractivity contribution < 1.29 is 8.42 Å². The van der Waals surface area contributed by atoms with Gasteiger partial charge in [-0.25, -0.2) is 8.42 Å². The number of hydrogen-bond donors (Lipinski definition) is 1. The van der Waals surface area contributed by atoms with Gasteiger partial charge in [0.2, 0.25) is 10.0 Å². The molecule has 2 N–H and O–H groups in total. The second-order valence-corrected chi connectivity index (χ2v) is 7.76.